The van der Waals surface area contributed by atoms with Crippen LogP contribution < -0.4 is 5.32 Å². The molecule has 2 rings (SSSR count). The van der Waals surface area contributed by atoms with Crippen LogP contribution in [-0.2, 0) is 4.74 Å². The molecule has 0 spiro atoms. The summed E-state index contributed by atoms with van der Waals surface area (Å²) in [5.74, 6) is 0.469. The Morgan fingerprint density at radius 1 is 1.36 bits per heavy atom. The molecular weight excluding hydrogens is 282 g/mol. The number of aromatic nitrogens is 4. The van der Waals surface area contributed by atoms with Gasteiger partial charge in [0.05, 0.1) is 12.3 Å². The summed E-state index contributed by atoms with van der Waals surface area (Å²) in [4.78, 5) is 20.7. The number of nitrogens with one attached hydrogen (secondary N) is 1. The van der Waals surface area contributed by atoms with Gasteiger partial charge in [0, 0.05) is 18.4 Å². The molecule has 7 nitrogen and oxygen atoms in total. The highest BCUT2D eigenvalue weighted by molar-refractivity contribution is 5.94. The quantitative estimate of drug-likeness (QED) is 0.824. The summed E-state index contributed by atoms with van der Waals surface area (Å²) in [5, 5.41) is 7.51. The third kappa shape index (κ3) is 3.41. The van der Waals surface area contributed by atoms with E-state index in [0.29, 0.717) is 30.5 Å². The molecule has 0 atom stereocenters. The molecule has 0 saturated carbocycles. The Bertz CT molecular complexity index is 666. The van der Waals surface area contributed by atoms with Crippen molar-refractivity contribution in [3.8, 4) is 5.95 Å². The van der Waals surface area contributed by atoms with Crippen LogP contribution >= 0.6 is 0 Å². The zero-order valence-corrected chi connectivity index (χ0v) is 13.4. The van der Waals surface area contributed by atoms with Gasteiger partial charge in [-0.3, -0.25) is 0 Å². The lowest BCUT2D eigenvalue weighted by Crippen LogP contribution is -2.15. The lowest BCUT2D eigenvalue weighted by molar-refractivity contribution is 0.0526. The molecule has 2 aromatic rings. The smallest absolute Gasteiger partial charge is 0.343 e. The molecule has 2 heterocycles. The molecule has 0 aromatic carbocycles. The van der Waals surface area contributed by atoms with Crippen molar-refractivity contribution in [2.75, 3.05) is 18.5 Å². The number of ether oxygens (including phenoxy) is 1. The first-order valence-electron chi connectivity index (χ1n) is 7.38. The van der Waals surface area contributed by atoms with E-state index in [9.17, 15) is 4.79 Å². The maximum absolute atomic E-state index is 12.0. The fraction of sp³-hybridized carbons (Fsp3) is 0.467. The van der Waals surface area contributed by atoms with Gasteiger partial charge in [0.2, 0.25) is 0 Å². The summed E-state index contributed by atoms with van der Waals surface area (Å²) in [6, 6.07) is 1.95. The van der Waals surface area contributed by atoms with Gasteiger partial charge in [0.1, 0.15) is 11.4 Å². The van der Waals surface area contributed by atoms with Crippen LogP contribution in [0.5, 0.6) is 0 Å². The van der Waals surface area contributed by atoms with Crippen molar-refractivity contribution in [3.05, 3.63) is 29.2 Å². The number of carbonyl (C=O) groups excluding carboxylic acids is 1. The van der Waals surface area contributed by atoms with Gasteiger partial charge in [-0.25, -0.2) is 14.5 Å². The SMILES string of the molecule is CCCNc1nc(-n2nc(C)cc2C)ncc1C(=O)OCC. The van der Waals surface area contributed by atoms with Crippen LogP contribution in [0.4, 0.5) is 5.82 Å². The Morgan fingerprint density at radius 3 is 2.73 bits per heavy atom. The monoisotopic (exact) mass is 303 g/mol. The molecular formula is C15H21N5O2. The fourth-order valence-electron chi connectivity index (χ4n) is 2.04. The average molecular weight is 303 g/mol. The van der Waals surface area contributed by atoms with Crippen molar-refractivity contribution in [3.63, 3.8) is 0 Å². The summed E-state index contributed by atoms with van der Waals surface area (Å²) >= 11 is 0. The third-order valence-corrected chi connectivity index (χ3v) is 3.01. The molecule has 1 N–H and O–H groups in total. The first-order chi connectivity index (χ1) is 10.6. The van der Waals surface area contributed by atoms with Gasteiger partial charge in [-0.1, -0.05) is 6.92 Å². The van der Waals surface area contributed by atoms with Gasteiger partial charge in [-0.05, 0) is 33.3 Å². The average Bonchev–Trinajstić information content (AvgIpc) is 2.83. The standard InChI is InChI=1S/C15H21N5O2/c1-5-7-16-13-12(14(21)22-6-2)9-17-15(18-13)20-11(4)8-10(3)19-20/h8-9H,5-7H2,1-4H3,(H,16,17,18). The van der Waals surface area contributed by atoms with Crippen LogP contribution in [0.1, 0.15) is 42.0 Å². The zero-order chi connectivity index (χ0) is 16.1. The molecule has 0 aliphatic carbocycles. The summed E-state index contributed by atoms with van der Waals surface area (Å²) in [6.07, 6.45) is 2.40. The van der Waals surface area contributed by atoms with Crippen LogP contribution in [0.3, 0.4) is 0 Å². The van der Waals surface area contributed by atoms with E-state index in [2.05, 4.69) is 20.4 Å². The topological polar surface area (TPSA) is 81.9 Å². The van der Waals surface area contributed by atoms with Crippen LogP contribution in [0.25, 0.3) is 5.95 Å². The van der Waals surface area contributed by atoms with E-state index in [4.69, 9.17) is 4.74 Å². The minimum absolute atomic E-state index is 0.311. The molecule has 0 saturated heterocycles. The highest BCUT2D eigenvalue weighted by Gasteiger charge is 2.17. The van der Waals surface area contributed by atoms with Crippen LogP contribution in [0, 0.1) is 13.8 Å². The highest BCUT2D eigenvalue weighted by Crippen LogP contribution is 2.16. The second-order valence-electron chi connectivity index (χ2n) is 4.92. The lowest BCUT2D eigenvalue weighted by Gasteiger charge is -2.11. The van der Waals surface area contributed by atoms with Crippen LogP contribution in [-0.4, -0.2) is 38.9 Å². The first kappa shape index (κ1) is 15.9. The van der Waals surface area contributed by atoms with E-state index in [-0.39, 0.29) is 0 Å². The second-order valence-corrected chi connectivity index (χ2v) is 4.92. The molecule has 0 aliphatic heterocycles. The summed E-state index contributed by atoms with van der Waals surface area (Å²) in [6.45, 7) is 8.67. The van der Waals surface area contributed by atoms with Crippen molar-refractivity contribution in [1.82, 2.24) is 19.7 Å². The minimum Gasteiger partial charge on any atom is -0.462 e. The van der Waals surface area contributed by atoms with Crippen molar-refractivity contribution in [2.45, 2.75) is 34.1 Å². The van der Waals surface area contributed by atoms with Crippen LogP contribution in [0.2, 0.25) is 0 Å². The van der Waals surface area contributed by atoms with Crippen LogP contribution in [0.15, 0.2) is 12.3 Å². The number of carbonyl (C=O) groups is 1. The number of hydrogen-bond donors (Lipinski definition) is 1. The molecule has 0 aliphatic rings. The molecule has 0 amide bonds. The minimum atomic E-state index is -0.430. The molecule has 22 heavy (non-hydrogen) atoms. The Balaban J connectivity index is 2.42. The van der Waals surface area contributed by atoms with Gasteiger partial charge >= 0.3 is 5.97 Å². The number of aryl methyl sites for hydroxylation is 2. The number of rotatable bonds is 6. The molecule has 118 valence electrons. The normalized spacial score (nSPS) is 10.5. The van der Waals surface area contributed by atoms with Gasteiger partial charge in [-0.2, -0.15) is 10.1 Å². The molecule has 7 heteroatoms. The summed E-state index contributed by atoms with van der Waals surface area (Å²) < 4.78 is 6.69. The summed E-state index contributed by atoms with van der Waals surface area (Å²) in [7, 11) is 0. The first-order valence-corrected chi connectivity index (χ1v) is 7.38. The van der Waals surface area contributed by atoms with E-state index < -0.39 is 5.97 Å². The number of hydrogen-bond acceptors (Lipinski definition) is 6. The fourth-order valence-corrected chi connectivity index (χ4v) is 2.04. The van der Waals surface area contributed by atoms with Gasteiger partial charge in [0.15, 0.2) is 0 Å². The number of nitrogens with zero attached hydrogens (tertiary/aromatic N) is 4. The van der Waals surface area contributed by atoms with Gasteiger partial charge in [-0.15, -0.1) is 0 Å². The number of anilines is 1. The van der Waals surface area contributed by atoms with Crippen molar-refractivity contribution >= 4 is 11.8 Å². The van der Waals surface area contributed by atoms with E-state index in [1.807, 2.05) is 26.8 Å². The van der Waals surface area contributed by atoms with Gasteiger partial charge < -0.3 is 10.1 Å². The maximum Gasteiger partial charge on any atom is 0.343 e. The largest absolute Gasteiger partial charge is 0.462 e. The summed E-state index contributed by atoms with van der Waals surface area (Å²) in [5.41, 5.74) is 2.15. The van der Waals surface area contributed by atoms with Crippen molar-refractivity contribution < 1.29 is 9.53 Å². The van der Waals surface area contributed by atoms with Gasteiger partial charge in [0.25, 0.3) is 5.95 Å². The van der Waals surface area contributed by atoms with E-state index in [0.717, 1.165) is 17.8 Å². The zero-order valence-electron chi connectivity index (χ0n) is 13.4. The van der Waals surface area contributed by atoms with Crippen molar-refractivity contribution in [1.29, 1.82) is 0 Å². The second kappa shape index (κ2) is 7.02. The number of esters is 1. The maximum atomic E-state index is 12.0. The molecule has 0 fully saturated rings. The van der Waals surface area contributed by atoms with Crippen molar-refractivity contribution in [2.24, 2.45) is 0 Å². The molecule has 0 bridgehead atoms. The lowest BCUT2D eigenvalue weighted by atomic mass is 10.3. The Labute approximate surface area is 129 Å². The predicted octanol–water partition coefficient (Wildman–Crippen LogP) is 2.28. The van der Waals surface area contributed by atoms with E-state index in [1.165, 1.54) is 6.20 Å². The Morgan fingerprint density at radius 2 is 2.14 bits per heavy atom. The van der Waals surface area contributed by atoms with E-state index in [1.54, 1.807) is 11.6 Å². The van der Waals surface area contributed by atoms with E-state index >= 15 is 0 Å². The molecule has 0 unspecified atom stereocenters. The molecule has 2 aromatic heterocycles. The highest BCUT2D eigenvalue weighted by atomic mass is 16.5. The Kier molecular flexibility index (Phi) is 5.08. The predicted molar refractivity (Wildman–Crippen MR) is 83.4 cm³/mol. The molecule has 0 radical (unpaired) electrons. The Hall–Kier alpha value is -2.44. The third-order valence-electron chi connectivity index (χ3n) is 3.01.